The first kappa shape index (κ1) is 14.7. The molecule has 0 aliphatic heterocycles. The Labute approximate surface area is 121 Å². The lowest BCUT2D eigenvalue weighted by atomic mass is 10.2. The van der Waals surface area contributed by atoms with Gasteiger partial charge in [0.25, 0.3) is 0 Å². The van der Waals surface area contributed by atoms with Crippen molar-refractivity contribution < 1.29 is 14.3 Å². The van der Waals surface area contributed by atoms with Crippen molar-refractivity contribution in [3.05, 3.63) is 29.5 Å². The first-order valence-corrected chi connectivity index (χ1v) is 7.35. The molecule has 2 aromatic rings. The van der Waals surface area contributed by atoms with Gasteiger partial charge in [-0.1, -0.05) is 13.8 Å². The van der Waals surface area contributed by atoms with E-state index in [0.717, 1.165) is 23.0 Å². The third-order valence-electron chi connectivity index (χ3n) is 2.65. The fourth-order valence-corrected chi connectivity index (χ4v) is 2.79. The lowest BCUT2D eigenvalue weighted by molar-refractivity contribution is -0.138. The molecular formula is C14H18N2O3S. The maximum absolute atomic E-state index is 10.9. The maximum Gasteiger partial charge on any atom is 0.317 e. The normalized spacial score (nSPS) is 11.4. The van der Waals surface area contributed by atoms with Crippen LogP contribution in [0.5, 0.6) is 0 Å². The molecule has 0 bridgehead atoms. The molecule has 0 aliphatic rings. The van der Waals surface area contributed by atoms with Crippen LogP contribution in [0, 0.1) is 5.92 Å². The molecule has 0 amide bonds. The van der Waals surface area contributed by atoms with Crippen LogP contribution in [0.4, 0.5) is 0 Å². The Morgan fingerprint density at radius 1 is 1.55 bits per heavy atom. The van der Waals surface area contributed by atoms with Crippen LogP contribution in [0.15, 0.2) is 28.2 Å². The third kappa shape index (κ3) is 4.18. The Bertz CT molecular complexity index is 549. The van der Waals surface area contributed by atoms with E-state index in [1.54, 1.807) is 6.26 Å². The standard InChI is InChI=1S/C14H18N2O3S/c1-10(2)6-16(8-13(17)18)7-11-9-20-14(15-11)12-4-3-5-19-12/h3-5,9-10H,6-8H2,1-2H3,(H,17,18). The molecule has 108 valence electrons. The lowest BCUT2D eigenvalue weighted by Crippen LogP contribution is -2.32. The number of carboxylic acid groups (broad SMARTS) is 1. The topological polar surface area (TPSA) is 66.6 Å². The Morgan fingerprint density at radius 2 is 2.35 bits per heavy atom. The van der Waals surface area contributed by atoms with Gasteiger partial charge in [0, 0.05) is 18.5 Å². The summed E-state index contributed by atoms with van der Waals surface area (Å²) in [6.07, 6.45) is 1.62. The molecule has 20 heavy (non-hydrogen) atoms. The van der Waals surface area contributed by atoms with Crippen LogP contribution in [-0.4, -0.2) is 34.0 Å². The second-order valence-electron chi connectivity index (χ2n) is 5.08. The summed E-state index contributed by atoms with van der Waals surface area (Å²) in [5.41, 5.74) is 0.878. The zero-order chi connectivity index (χ0) is 14.5. The molecule has 0 saturated heterocycles. The molecule has 0 spiro atoms. The molecule has 2 heterocycles. The molecule has 5 nitrogen and oxygen atoms in total. The van der Waals surface area contributed by atoms with Crippen molar-refractivity contribution in [2.45, 2.75) is 20.4 Å². The minimum Gasteiger partial charge on any atom is -0.480 e. The van der Waals surface area contributed by atoms with E-state index >= 15 is 0 Å². The van der Waals surface area contributed by atoms with Gasteiger partial charge in [-0.25, -0.2) is 4.98 Å². The van der Waals surface area contributed by atoms with Crippen LogP contribution in [0.1, 0.15) is 19.5 Å². The van der Waals surface area contributed by atoms with E-state index in [-0.39, 0.29) is 6.54 Å². The molecule has 0 radical (unpaired) electrons. The highest BCUT2D eigenvalue weighted by molar-refractivity contribution is 7.13. The number of carboxylic acids is 1. The molecule has 0 fully saturated rings. The van der Waals surface area contributed by atoms with Gasteiger partial charge in [-0.2, -0.15) is 0 Å². The van der Waals surface area contributed by atoms with Crippen LogP contribution < -0.4 is 0 Å². The smallest absolute Gasteiger partial charge is 0.317 e. The monoisotopic (exact) mass is 294 g/mol. The van der Waals surface area contributed by atoms with Crippen molar-refractivity contribution in [3.63, 3.8) is 0 Å². The highest BCUT2D eigenvalue weighted by Gasteiger charge is 2.14. The van der Waals surface area contributed by atoms with Gasteiger partial charge in [0.1, 0.15) is 0 Å². The van der Waals surface area contributed by atoms with Crippen molar-refractivity contribution >= 4 is 17.3 Å². The lowest BCUT2D eigenvalue weighted by Gasteiger charge is -2.21. The number of furan rings is 1. The molecular weight excluding hydrogens is 276 g/mol. The fraction of sp³-hybridized carbons (Fsp3) is 0.429. The third-order valence-corrected chi connectivity index (χ3v) is 3.56. The second kappa shape index (κ2) is 6.67. The van der Waals surface area contributed by atoms with Gasteiger partial charge in [-0.3, -0.25) is 9.69 Å². The molecule has 0 unspecified atom stereocenters. The highest BCUT2D eigenvalue weighted by atomic mass is 32.1. The van der Waals surface area contributed by atoms with E-state index in [9.17, 15) is 4.79 Å². The van der Waals surface area contributed by atoms with Gasteiger partial charge in [0.2, 0.25) is 0 Å². The summed E-state index contributed by atoms with van der Waals surface area (Å²) in [5, 5.41) is 11.7. The minimum absolute atomic E-state index is 0.0335. The van der Waals surface area contributed by atoms with Gasteiger partial charge < -0.3 is 9.52 Å². The molecule has 1 N–H and O–H groups in total. The average molecular weight is 294 g/mol. The van der Waals surface area contributed by atoms with Crippen LogP contribution in [-0.2, 0) is 11.3 Å². The first-order valence-electron chi connectivity index (χ1n) is 6.47. The van der Waals surface area contributed by atoms with E-state index in [2.05, 4.69) is 18.8 Å². The molecule has 0 saturated carbocycles. The largest absolute Gasteiger partial charge is 0.480 e. The van der Waals surface area contributed by atoms with Crippen LogP contribution >= 0.6 is 11.3 Å². The predicted molar refractivity (Wildman–Crippen MR) is 77.6 cm³/mol. The summed E-state index contributed by atoms with van der Waals surface area (Å²) in [6.45, 7) is 5.46. The van der Waals surface area contributed by atoms with Gasteiger partial charge in [-0.05, 0) is 18.1 Å². The van der Waals surface area contributed by atoms with E-state index in [1.807, 2.05) is 22.4 Å². The van der Waals surface area contributed by atoms with Gasteiger partial charge in [0.05, 0.1) is 18.5 Å². The summed E-state index contributed by atoms with van der Waals surface area (Å²) >= 11 is 1.51. The van der Waals surface area contributed by atoms with Gasteiger partial charge in [-0.15, -0.1) is 11.3 Å². The van der Waals surface area contributed by atoms with Crippen molar-refractivity contribution in [1.29, 1.82) is 0 Å². The molecule has 2 rings (SSSR count). The van der Waals surface area contributed by atoms with Gasteiger partial charge >= 0.3 is 5.97 Å². The average Bonchev–Trinajstić information content (AvgIpc) is 2.95. The maximum atomic E-state index is 10.9. The van der Waals surface area contributed by atoms with Crippen LogP contribution in [0.3, 0.4) is 0 Å². The zero-order valence-electron chi connectivity index (χ0n) is 11.6. The summed E-state index contributed by atoms with van der Waals surface area (Å²) in [7, 11) is 0. The first-order chi connectivity index (χ1) is 9.54. The quantitative estimate of drug-likeness (QED) is 0.850. The predicted octanol–water partition coefficient (Wildman–Crippen LogP) is 2.95. The SMILES string of the molecule is CC(C)CN(CC(=O)O)Cc1csc(-c2ccco2)n1. The van der Waals surface area contributed by atoms with Crippen LogP contribution in [0.25, 0.3) is 10.8 Å². The summed E-state index contributed by atoms with van der Waals surface area (Å²) in [5.74, 6) is 0.347. The van der Waals surface area contributed by atoms with E-state index in [0.29, 0.717) is 12.5 Å². The Morgan fingerprint density at radius 3 is 2.95 bits per heavy atom. The van der Waals surface area contributed by atoms with E-state index < -0.39 is 5.97 Å². The molecule has 0 aromatic carbocycles. The number of nitrogens with zero attached hydrogens (tertiary/aromatic N) is 2. The number of rotatable bonds is 7. The van der Waals surface area contributed by atoms with Crippen LogP contribution in [0.2, 0.25) is 0 Å². The number of thiazole rings is 1. The van der Waals surface area contributed by atoms with Crippen molar-refractivity contribution in [2.75, 3.05) is 13.1 Å². The van der Waals surface area contributed by atoms with E-state index in [4.69, 9.17) is 9.52 Å². The summed E-state index contributed by atoms with van der Waals surface area (Å²) < 4.78 is 5.31. The van der Waals surface area contributed by atoms with Crippen molar-refractivity contribution in [2.24, 2.45) is 5.92 Å². The Balaban J connectivity index is 2.04. The second-order valence-corrected chi connectivity index (χ2v) is 5.94. The number of hydrogen-bond acceptors (Lipinski definition) is 5. The number of carbonyl (C=O) groups is 1. The molecule has 6 heteroatoms. The summed E-state index contributed by atoms with van der Waals surface area (Å²) in [4.78, 5) is 17.3. The van der Waals surface area contributed by atoms with Crippen molar-refractivity contribution in [1.82, 2.24) is 9.88 Å². The molecule has 2 aromatic heterocycles. The van der Waals surface area contributed by atoms with Crippen molar-refractivity contribution in [3.8, 4) is 10.8 Å². The fourth-order valence-electron chi connectivity index (χ4n) is 2.01. The minimum atomic E-state index is -0.813. The number of aliphatic carboxylic acids is 1. The zero-order valence-corrected chi connectivity index (χ0v) is 12.4. The Kier molecular flexibility index (Phi) is 4.92. The van der Waals surface area contributed by atoms with Gasteiger partial charge in [0.15, 0.2) is 10.8 Å². The summed E-state index contributed by atoms with van der Waals surface area (Å²) in [6, 6.07) is 3.69. The highest BCUT2D eigenvalue weighted by Crippen LogP contribution is 2.24. The Hall–Kier alpha value is -1.66. The molecule has 0 atom stereocenters. The number of hydrogen-bond donors (Lipinski definition) is 1. The number of aromatic nitrogens is 1. The molecule has 0 aliphatic carbocycles. The van der Waals surface area contributed by atoms with E-state index in [1.165, 1.54) is 11.3 Å².